The molecule has 0 radical (unpaired) electrons. The number of ketones is 1. The summed E-state index contributed by atoms with van der Waals surface area (Å²) in [6, 6.07) is 0. The predicted octanol–water partition coefficient (Wildman–Crippen LogP) is 1.22. The summed E-state index contributed by atoms with van der Waals surface area (Å²) in [4.78, 5) is 27.6. The Morgan fingerprint density at radius 1 is 1.23 bits per heavy atom. The Morgan fingerprint density at radius 3 is 2.45 bits per heavy atom. The van der Waals surface area contributed by atoms with Gasteiger partial charge in [-0.15, -0.1) is 0 Å². The second-order valence-electron chi connectivity index (χ2n) is 7.85. The van der Waals surface area contributed by atoms with E-state index in [1.54, 1.807) is 0 Å². The number of Topliss-reactive ketones (excluding diaryl/α,β-unsaturated/α-hetero) is 1. The van der Waals surface area contributed by atoms with Gasteiger partial charge < -0.3 is 10.1 Å². The lowest BCUT2D eigenvalue weighted by Gasteiger charge is -2.38. The van der Waals surface area contributed by atoms with E-state index < -0.39 is 5.41 Å². The van der Waals surface area contributed by atoms with Gasteiger partial charge in [0.2, 0.25) is 5.91 Å². The van der Waals surface area contributed by atoms with Gasteiger partial charge in [0.15, 0.2) is 0 Å². The van der Waals surface area contributed by atoms with E-state index >= 15 is 0 Å². The van der Waals surface area contributed by atoms with Crippen LogP contribution in [0.1, 0.15) is 40.0 Å². The fourth-order valence-corrected chi connectivity index (χ4v) is 4.68. The van der Waals surface area contributed by atoms with E-state index in [2.05, 4.69) is 24.1 Å². The number of nitrogens with zero attached hydrogens (tertiary/aromatic N) is 1. The third kappa shape index (κ3) is 2.05. The molecule has 0 aromatic rings. The Kier molecular flexibility index (Phi) is 3.84. The van der Waals surface area contributed by atoms with E-state index in [1.807, 2.05) is 6.92 Å². The third-order valence-electron chi connectivity index (χ3n) is 6.96. The Balaban J connectivity index is 1.61. The molecule has 1 heterocycles. The van der Waals surface area contributed by atoms with Gasteiger partial charge in [-0.3, -0.25) is 14.5 Å². The van der Waals surface area contributed by atoms with Crippen molar-refractivity contribution in [3.63, 3.8) is 0 Å². The first kappa shape index (κ1) is 15.9. The normalized spacial score (nSPS) is 37.5. The van der Waals surface area contributed by atoms with Crippen LogP contribution >= 0.6 is 0 Å². The second-order valence-corrected chi connectivity index (χ2v) is 7.85. The summed E-state index contributed by atoms with van der Waals surface area (Å²) in [6.45, 7) is 11.2. The van der Waals surface area contributed by atoms with Crippen LogP contribution in [0, 0.1) is 16.2 Å². The van der Waals surface area contributed by atoms with Crippen LogP contribution in [-0.2, 0) is 14.3 Å². The Morgan fingerprint density at radius 2 is 1.91 bits per heavy atom. The number of rotatable bonds is 4. The van der Waals surface area contributed by atoms with Crippen LogP contribution in [0.25, 0.3) is 0 Å². The van der Waals surface area contributed by atoms with Gasteiger partial charge in [-0.1, -0.05) is 20.8 Å². The van der Waals surface area contributed by atoms with E-state index in [4.69, 9.17) is 4.74 Å². The fraction of sp³-hybridized carbons (Fsp3) is 0.882. The first-order chi connectivity index (χ1) is 10.3. The summed E-state index contributed by atoms with van der Waals surface area (Å²) in [5.41, 5.74) is -1.07. The Labute approximate surface area is 132 Å². The van der Waals surface area contributed by atoms with Gasteiger partial charge in [0.1, 0.15) is 5.78 Å². The number of nitrogens with one attached hydrogen (secondary N) is 1. The van der Waals surface area contributed by atoms with Crippen LogP contribution < -0.4 is 5.32 Å². The van der Waals surface area contributed by atoms with Gasteiger partial charge in [0.05, 0.1) is 18.6 Å². The smallest absolute Gasteiger partial charge is 0.227 e. The summed E-state index contributed by atoms with van der Waals surface area (Å²) < 4.78 is 5.33. The zero-order valence-electron chi connectivity index (χ0n) is 14.0. The summed E-state index contributed by atoms with van der Waals surface area (Å²) >= 11 is 0. The molecule has 3 aliphatic rings. The van der Waals surface area contributed by atoms with Crippen LogP contribution in [0.4, 0.5) is 0 Å². The van der Waals surface area contributed by atoms with Crippen molar-refractivity contribution in [3.05, 3.63) is 0 Å². The van der Waals surface area contributed by atoms with E-state index in [0.29, 0.717) is 13.0 Å². The van der Waals surface area contributed by atoms with Crippen molar-refractivity contribution in [2.75, 3.05) is 39.4 Å². The molecule has 1 amide bonds. The average molecular weight is 308 g/mol. The minimum atomic E-state index is -0.496. The number of ether oxygens (including phenoxy) is 1. The molecule has 2 unspecified atom stereocenters. The molecule has 1 aliphatic heterocycles. The SMILES string of the molecule is CC12CCC(C(=O)NCCN3CCOCC3)(CC1=O)C2(C)C. The molecule has 22 heavy (non-hydrogen) atoms. The molecule has 0 aromatic heterocycles. The van der Waals surface area contributed by atoms with E-state index in [1.165, 1.54) is 0 Å². The molecule has 3 rings (SSSR count). The molecule has 0 spiro atoms. The zero-order chi connectivity index (χ0) is 16.0. The number of hydrogen-bond donors (Lipinski definition) is 1. The van der Waals surface area contributed by atoms with Crippen LogP contribution in [0.15, 0.2) is 0 Å². The zero-order valence-corrected chi connectivity index (χ0v) is 14.0. The highest BCUT2D eigenvalue weighted by Gasteiger charge is 2.72. The Bertz CT molecular complexity index is 484. The Hall–Kier alpha value is -0.940. The molecule has 2 bridgehead atoms. The molecule has 2 aliphatic carbocycles. The lowest BCUT2D eigenvalue weighted by atomic mass is 9.64. The maximum atomic E-state index is 12.9. The third-order valence-corrected chi connectivity index (χ3v) is 6.96. The molecule has 0 aromatic carbocycles. The minimum absolute atomic E-state index is 0.0836. The highest BCUT2D eigenvalue weighted by molar-refractivity contribution is 5.99. The van der Waals surface area contributed by atoms with Crippen molar-refractivity contribution in [1.29, 1.82) is 0 Å². The van der Waals surface area contributed by atoms with Gasteiger partial charge in [-0.05, 0) is 18.3 Å². The number of fused-ring (bicyclic) bond motifs is 2. The molecule has 1 saturated heterocycles. The van der Waals surface area contributed by atoms with Crippen molar-refractivity contribution in [2.45, 2.75) is 40.0 Å². The van der Waals surface area contributed by atoms with Gasteiger partial charge in [-0.2, -0.15) is 0 Å². The van der Waals surface area contributed by atoms with Crippen molar-refractivity contribution in [1.82, 2.24) is 10.2 Å². The van der Waals surface area contributed by atoms with Crippen molar-refractivity contribution in [3.8, 4) is 0 Å². The second kappa shape index (κ2) is 5.31. The predicted molar refractivity (Wildman–Crippen MR) is 83.4 cm³/mol. The van der Waals surface area contributed by atoms with Crippen LogP contribution in [-0.4, -0.2) is 56.0 Å². The standard InChI is InChI=1S/C17H28N2O3/c1-15(2)16(3)4-5-17(15,12-13(16)20)14(21)18-6-7-19-8-10-22-11-9-19/h4-12H2,1-3H3,(H,18,21). The van der Waals surface area contributed by atoms with E-state index in [-0.39, 0.29) is 22.5 Å². The summed E-state index contributed by atoms with van der Waals surface area (Å²) in [5.74, 6) is 0.354. The van der Waals surface area contributed by atoms with Crippen molar-refractivity contribution < 1.29 is 14.3 Å². The molecular weight excluding hydrogens is 280 g/mol. The largest absolute Gasteiger partial charge is 0.379 e. The summed E-state index contributed by atoms with van der Waals surface area (Å²) in [7, 11) is 0. The molecule has 5 heteroatoms. The molecule has 2 saturated carbocycles. The average Bonchev–Trinajstić information content (AvgIpc) is 2.78. The summed E-state index contributed by atoms with van der Waals surface area (Å²) in [6.07, 6.45) is 2.10. The van der Waals surface area contributed by atoms with Crippen LogP contribution in [0.2, 0.25) is 0 Å². The van der Waals surface area contributed by atoms with Gasteiger partial charge >= 0.3 is 0 Å². The number of hydrogen-bond acceptors (Lipinski definition) is 4. The van der Waals surface area contributed by atoms with Crippen molar-refractivity contribution >= 4 is 11.7 Å². The molecule has 1 N–H and O–H groups in total. The lowest BCUT2D eigenvalue weighted by Crippen LogP contribution is -2.49. The van der Waals surface area contributed by atoms with Gasteiger partial charge in [0.25, 0.3) is 0 Å². The van der Waals surface area contributed by atoms with Crippen LogP contribution in [0.3, 0.4) is 0 Å². The molecular formula is C17H28N2O3. The molecule has 3 fully saturated rings. The topological polar surface area (TPSA) is 58.6 Å². The molecule has 124 valence electrons. The first-order valence-corrected chi connectivity index (χ1v) is 8.45. The summed E-state index contributed by atoms with van der Waals surface area (Å²) in [5, 5.41) is 3.11. The number of carbonyl (C=O) groups excluding carboxylic acids is 2. The number of amides is 1. The first-order valence-electron chi connectivity index (χ1n) is 8.45. The quantitative estimate of drug-likeness (QED) is 0.848. The number of morpholine rings is 1. The van der Waals surface area contributed by atoms with Gasteiger partial charge in [0, 0.05) is 38.0 Å². The highest BCUT2D eigenvalue weighted by Crippen LogP contribution is 2.70. The maximum Gasteiger partial charge on any atom is 0.227 e. The highest BCUT2D eigenvalue weighted by atomic mass is 16.5. The minimum Gasteiger partial charge on any atom is -0.379 e. The lowest BCUT2D eigenvalue weighted by molar-refractivity contribution is -0.136. The van der Waals surface area contributed by atoms with Crippen LogP contribution in [0.5, 0.6) is 0 Å². The van der Waals surface area contributed by atoms with Gasteiger partial charge in [-0.25, -0.2) is 0 Å². The molecule has 2 atom stereocenters. The van der Waals surface area contributed by atoms with Crippen molar-refractivity contribution in [2.24, 2.45) is 16.2 Å². The monoisotopic (exact) mass is 308 g/mol. The maximum absolute atomic E-state index is 12.9. The number of carbonyl (C=O) groups is 2. The fourth-order valence-electron chi connectivity index (χ4n) is 4.68. The molecule has 5 nitrogen and oxygen atoms in total. The van der Waals surface area contributed by atoms with E-state index in [0.717, 1.165) is 45.7 Å². The van der Waals surface area contributed by atoms with E-state index in [9.17, 15) is 9.59 Å².